The molecular formula is C44H29N3. The fourth-order valence-electron chi connectivity index (χ4n) is 6.93. The number of aryl methyl sites for hydroxylation is 1. The first kappa shape index (κ1) is 27.1. The third kappa shape index (κ3) is 4.63. The van der Waals surface area contributed by atoms with E-state index in [1.807, 2.05) is 36.7 Å². The molecule has 1 aliphatic rings. The Hall–Kier alpha value is -6.19. The molecule has 0 saturated carbocycles. The summed E-state index contributed by atoms with van der Waals surface area (Å²) in [4.78, 5) is 14.4. The Morgan fingerprint density at radius 2 is 0.957 bits per heavy atom. The molecule has 0 radical (unpaired) electrons. The summed E-state index contributed by atoms with van der Waals surface area (Å²) in [6, 6.07) is 51.7. The van der Waals surface area contributed by atoms with E-state index in [0.29, 0.717) is 5.82 Å². The van der Waals surface area contributed by atoms with E-state index in [1.165, 1.54) is 49.7 Å². The van der Waals surface area contributed by atoms with Crippen LogP contribution in [-0.2, 0) is 0 Å². The summed E-state index contributed by atoms with van der Waals surface area (Å²) >= 11 is 0. The van der Waals surface area contributed by atoms with Gasteiger partial charge in [0.1, 0.15) is 0 Å². The highest BCUT2D eigenvalue weighted by Crippen LogP contribution is 2.49. The second-order valence-corrected chi connectivity index (χ2v) is 12.1. The maximum absolute atomic E-state index is 5.06. The fraction of sp³-hybridized carbons (Fsp3) is 0.0227. The molecule has 0 bridgehead atoms. The highest BCUT2D eigenvalue weighted by Gasteiger charge is 2.22. The summed E-state index contributed by atoms with van der Waals surface area (Å²) in [6.07, 6.45) is 3.76. The molecule has 6 aromatic carbocycles. The van der Waals surface area contributed by atoms with Crippen molar-refractivity contribution in [1.82, 2.24) is 15.0 Å². The lowest BCUT2D eigenvalue weighted by Gasteiger charge is -2.12. The highest BCUT2D eigenvalue weighted by atomic mass is 14.9. The number of hydrogen-bond donors (Lipinski definition) is 0. The number of aromatic nitrogens is 3. The number of pyridine rings is 1. The fourth-order valence-corrected chi connectivity index (χ4v) is 6.93. The van der Waals surface area contributed by atoms with Crippen LogP contribution in [0.1, 0.15) is 5.56 Å². The molecule has 3 heteroatoms. The molecule has 0 N–H and O–H groups in total. The average molecular weight is 600 g/mol. The van der Waals surface area contributed by atoms with Gasteiger partial charge in [0, 0.05) is 34.6 Å². The zero-order valence-electron chi connectivity index (χ0n) is 25.9. The molecule has 3 nitrogen and oxygen atoms in total. The summed E-state index contributed by atoms with van der Waals surface area (Å²) < 4.78 is 0. The van der Waals surface area contributed by atoms with Gasteiger partial charge in [0.2, 0.25) is 0 Å². The van der Waals surface area contributed by atoms with Crippen LogP contribution in [0.25, 0.3) is 89.2 Å². The van der Waals surface area contributed by atoms with Crippen LogP contribution >= 0.6 is 0 Å². The van der Waals surface area contributed by atoms with Crippen molar-refractivity contribution in [3.63, 3.8) is 0 Å². The smallest absolute Gasteiger partial charge is 0.160 e. The molecule has 2 aromatic heterocycles. The van der Waals surface area contributed by atoms with Gasteiger partial charge in [0.05, 0.1) is 11.4 Å². The second-order valence-electron chi connectivity index (χ2n) is 12.1. The number of hydrogen-bond acceptors (Lipinski definition) is 3. The van der Waals surface area contributed by atoms with Crippen molar-refractivity contribution in [1.29, 1.82) is 0 Å². The molecule has 220 valence electrons. The summed E-state index contributed by atoms with van der Waals surface area (Å²) in [5, 5.41) is 2.62. The van der Waals surface area contributed by atoms with Gasteiger partial charge in [-0.05, 0) is 74.3 Å². The molecule has 0 amide bonds. The minimum absolute atomic E-state index is 0.710. The van der Waals surface area contributed by atoms with E-state index in [9.17, 15) is 0 Å². The van der Waals surface area contributed by atoms with Gasteiger partial charge in [-0.2, -0.15) is 0 Å². The lowest BCUT2D eigenvalue weighted by molar-refractivity contribution is 1.18. The minimum Gasteiger partial charge on any atom is -0.264 e. The lowest BCUT2D eigenvalue weighted by Crippen LogP contribution is -1.96. The molecule has 0 spiro atoms. The van der Waals surface area contributed by atoms with E-state index in [0.717, 1.165) is 39.2 Å². The van der Waals surface area contributed by atoms with Crippen molar-refractivity contribution < 1.29 is 0 Å². The maximum Gasteiger partial charge on any atom is 0.160 e. The van der Waals surface area contributed by atoms with Crippen LogP contribution in [0.2, 0.25) is 0 Å². The van der Waals surface area contributed by atoms with Crippen LogP contribution in [0.3, 0.4) is 0 Å². The molecule has 0 unspecified atom stereocenters. The second kappa shape index (κ2) is 11.0. The van der Waals surface area contributed by atoms with E-state index in [-0.39, 0.29) is 0 Å². The van der Waals surface area contributed by atoms with Gasteiger partial charge in [0.15, 0.2) is 5.82 Å². The zero-order chi connectivity index (χ0) is 31.3. The SMILES string of the molecule is Cc1ccncc1-c1ccc(-c2cc(-c3ccc(-c4ccc5c6c(cccc46)-c4ccccc4-5)cc3)nc(-c3ccccc3)n2)cc1. The van der Waals surface area contributed by atoms with Crippen LogP contribution < -0.4 is 0 Å². The topological polar surface area (TPSA) is 38.7 Å². The Bertz CT molecular complexity index is 2420. The predicted molar refractivity (Wildman–Crippen MR) is 194 cm³/mol. The average Bonchev–Trinajstić information content (AvgIpc) is 3.47. The molecular weight excluding hydrogens is 571 g/mol. The minimum atomic E-state index is 0.710. The largest absolute Gasteiger partial charge is 0.264 e. The number of rotatable bonds is 5. The van der Waals surface area contributed by atoms with Crippen LogP contribution in [0.5, 0.6) is 0 Å². The monoisotopic (exact) mass is 599 g/mol. The first-order chi connectivity index (χ1) is 23.2. The third-order valence-corrected chi connectivity index (χ3v) is 9.33. The van der Waals surface area contributed by atoms with Gasteiger partial charge in [-0.3, -0.25) is 4.98 Å². The van der Waals surface area contributed by atoms with Crippen molar-refractivity contribution in [2.75, 3.05) is 0 Å². The molecule has 2 heterocycles. The quantitative estimate of drug-likeness (QED) is 0.198. The Morgan fingerprint density at radius 3 is 1.62 bits per heavy atom. The van der Waals surface area contributed by atoms with Crippen molar-refractivity contribution in [3.8, 4) is 78.4 Å². The first-order valence-corrected chi connectivity index (χ1v) is 15.9. The van der Waals surface area contributed by atoms with Gasteiger partial charge in [-0.1, -0.05) is 133 Å². The predicted octanol–water partition coefficient (Wildman–Crippen LogP) is 11.3. The van der Waals surface area contributed by atoms with Gasteiger partial charge < -0.3 is 0 Å². The normalized spacial score (nSPS) is 11.5. The van der Waals surface area contributed by atoms with E-state index in [4.69, 9.17) is 9.97 Å². The van der Waals surface area contributed by atoms with Crippen molar-refractivity contribution in [2.45, 2.75) is 6.92 Å². The number of fused-ring (bicyclic) bond motifs is 3. The van der Waals surface area contributed by atoms with E-state index in [2.05, 4.69) is 133 Å². The van der Waals surface area contributed by atoms with Crippen LogP contribution in [0.15, 0.2) is 158 Å². The molecule has 0 saturated heterocycles. The Morgan fingerprint density at radius 1 is 0.404 bits per heavy atom. The zero-order valence-corrected chi connectivity index (χ0v) is 25.9. The van der Waals surface area contributed by atoms with Gasteiger partial charge in [-0.25, -0.2) is 9.97 Å². The summed E-state index contributed by atoms with van der Waals surface area (Å²) in [7, 11) is 0. The molecule has 47 heavy (non-hydrogen) atoms. The Labute approximate surface area is 273 Å². The summed E-state index contributed by atoms with van der Waals surface area (Å²) in [5.41, 5.74) is 16.0. The van der Waals surface area contributed by atoms with Gasteiger partial charge in [-0.15, -0.1) is 0 Å². The van der Waals surface area contributed by atoms with Gasteiger partial charge in [0.25, 0.3) is 0 Å². The molecule has 0 aliphatic heterocycles. The maximum atomic E-state index is 5.06. The highest BCUT2D eigenvalue weighted by molar-refractivity contribution is 6.18. The van der Waals surface area contributed by atoms with Crippen molar-refractivity contribution in [3.05, 3.63) is 164 Å². The third-order valence-electron chi connectivity index (χ3n) is 9.33. The summed E-state index contributed by atoms with van der Waals surface area (Å²) in [5.74, 6) is 0.710. The molecule has 8 aromatic rings. The molecule has 9 rings (SSSR count). The molecule has 0 atom stereocenters. The Kier molecular flexibility index (Phi) is 6.36. The van der Waals surface area contributed by atoms with E-state index < -0.39 is 0 Å². The lowest BCUT2D eigenvalue weighted by atomic mass is 9.93. The first-order valence-electron chi connectivity index (χ1n) is 15.9. The van der Waals surface area contributed by atoms with Gasteiger partial charge >= 0.3 is 0 Å². The number of benzene rings is 6. The van der Waals surface area contributed by atoms with E-state index in [1.54, 1.807) is 0 Å². The van der Waals surface area contributed by atoms with Crippen LogP contribution in [-0.4, -0.2) is 15.0 Å². The number of nitrogens with zero attached hydrogens (tertiary/aromatic N) is 3. The van der Waals surface area contributed by atoms with Crippen molar-refractivity contribution >= 4 is 10.8 Å². The standard InChI is InChI=1S/C44H29N3/c1-28-24-25-45-27-40(28)30-16-20-32(21-17-30)42-26-41(46-44(47-42)33-8-3-2-4-9-33)31-18-14-29(15-19-31)34-22-23-39-36-11-6-5-10-35(36)38-13-7-12-37(34)43(38)39/h2-27H,1H3. The van der Waals surface area contributed by atoms with Crippen molar-refractivity contribution in [2.24, 2.45) is 0 Å². The van der Waals surface area contributed by atoms with Crippen LogP contribution in [0, 0.1) is 6.92 Å². The van der Waals surface area contributed by atoms with Crippen LogP contribution in [0.4, 0.5) is 0 Å². The molecule has 1 aliphatic carbocycles. The molecule has 0 fully saturated rings. The Balaban J connectivity index is 1.11. The van der Waals surface area contributed by atoms with E-state index >= 15 is 0 Å². The summed E-state index contributed by atoms with van der Waals surface area (Å²) in [6.45, 7) is 2.11.